The Bertz CT molecular complexity index is 448. The summed E-state index contributed by atoms with van der Waals surface area (Å²) in [5, 5.41) is 0.671. The quantitative estimate of drug-likeness (QED) is 0.753. The van der Waals surface area contributed by atoms with Gasteiger partial charge in [-0.05, 0) is 43.9 Å². The van der Waals surface area contributed by atoms with E-state index in [2.05, 4.69) is 0 Å². The molecule has 1 fully saturated rings. The Morgan fingerprint density at radius 2 is 2.06 bits per heavy atom. The van der Waals surface area contributed by atoms with Gasteiger partial charge in [0.1, 0.15) is 5.75 Å². The molecule has 0 unspecified atom stereocenters. The van der Waals surface area contributed by atoms with Gasteiger partial charge in [-0.25, -0.2) is 0 Å². The van der Waals surface area contributed by atoms with E-state index in [0.717, 1.165) is 24.0 Å². The van der Waals surface area contributed by atoms with Crippen LogP contribution in [0.4, 0.5) is 0 Å². The number of ether oxygens (including phenoxy) is 1. The van der Waals surface area contributed by atoms with E-state index in [0.29, 0.717) is 16.3 Å². The maximum absolute atomic E-state index is 12.1. The average molecular weight is 239 g/mol. The molecule has 0 bridgehead atoms. The second kappa shape index (κ2) is 4.10. The van der Waals surface area contributed by atoms with E-state index in [-0.39, 0.29) is 11.7 Å². The summed E-state index contributed by atoms with van der Waals surface area (Å²) >= 11 is 6.17. The van der Waals surface area contributed by atoms with E-state index in [1.807, 2.05) is 19.9 Å². The third-order valence-electron chi connectivity index (χ3n) is 3.06. The molecule has 0 aliphatic heterocycles. The van der Waals surface area contributed by atoms with Crippen molar-refractivity contribution in [3.8, 4) is 5.75 Å². The van der Waals surface area contributed by atoms with Crippen LogP contribution in [0, 0.1) is 19.8 Å². The monoisotopic (exact) mass is 238 g/mol. The second-order valence-corrected chi connectivity index (χ2v) is 4.73. The van der Waals surface area contributed by atoms with Gasteiger partial charge in [0.15, 0.2) is 5.78 Å². The lowest BCUT2D eigenvalue weighted by molar-refractivity contribution is 0.0964. The third-order valence-corrected chi connectivity index (χ3v) is 3.64. The SMILES string of the molecule is COc1cc(C)c(Cl)c(C)c1C(=O)C1CC1. The fraction of sp³-hybridized carbons (Fsp3) is 0.462. The first-order chi connectivity index (χ1) is 7.56. The van der Waals surface area contributed by atoms with Crippen molar-refractivity contribution in [3.63, 3.8) is 0 Å². The van der Waals surface area contributed by atoms with Crippen LogP contribution < -0.4 is 4.74 Å². The van der Waals surface area contributed by atoms with Crippen LogP contribution in [0.25, 0.3) is 0 Å². The number of ketones is 1. The van der Waals surface area contributed by atoms with Crippen LogP contribution in [0.15, 0.2) is 6.07 Å². The summed E-state index contributed by atoms with van der Waals surface area (Å²) in [7, 11) is 1.59. The van der Waals surface area contributed by atoms with Gasteiger partial charge in [0.2, 0.25) is 0 Å². The number of Topliss-reactive ketones (excluding diaryl/α,β-unsaturated/α-hetero) is 1. The summed E-state index contributed by atoms with van der Waals surface area (Å²) < 4.78 is 5.28. The number of methoxy groups -OCH3 is 1. The molecule has 86 valence electrons. The van der Waals surface area contributed by atoms with Gasteiger partial charge in [0.25, 0.3) is 0 Å². The molecule has 0 spiro atoms. The Morgan fingerprint density at radius 3 is 2.56 bits per heavy atom. The Hall–Kier alpha value is -1.02. The molecule has 1 saturated carbocycles. The largest absolute Gasteiger partial charge is 0.496 e. The molecule has 1 aliphatic rings. The van der Waals surface area contributed by atoms with Crippen molar-refractivity contribution in [2.45, 2.75) is 26.7 Å². The molecule has 2 rings (SSSR count). The van der Waals surface area contributed by atoms with Crippen molar-refractivity contribution in [1.82, 2.24) is 0 Å². The third kappa shape index (κ3) is 1.82. The van der Waals surface area contributed by atoms with E-state index >= 15 is 0 Å². The molecule has 1 aromatic carbocycles. The number of carbonyl (C=O) groups is 1. The van der Waals surface area contributed by atoms with Crippen molar-refractivity contribution in [1.29, 1.82) is 0 Å². The highest BCUT2D eigenvalue weighted by atomic mass is 35.5. The summed E-state index contributed by atoms with van der Waals surface area (Å²) in [4.78, 5) is 12.1. The second-order valence-electron chi connectivity index (χ2n) is 4.35. The van der Waals surface area contributed by atoms with Crippen LogP contribution in [0.5, 0.6) is 5.75 Å². The number of benzene rings is 1. The molecule has 0 heterocycles. The van der Waals surface area contributed by atoms with Crippen LogP contribution in [0.3, 0.4) is 0 Å². The van der Waals surface area contributed by atoms with Gasteiger partial charge >= 0.3 is 0 Å². The molecule has 1 aliphatic carbocycles. The van der Waals surface area contributed by atoms with Crippen LogP contribution >= 0.6 is 11.6 Å². The van der Waals surface area contributed by atoms with E-state index in [9.17, 15) is 4.79 Å². The topological polar surface area (TPSA) is 26.3 Å². The summed E-state index contributed by atoms with van der Waals surface area (Å²) in [5.41, 5.74) is 2.46. The minimum absolute atomic E-state index is 0.177. The summed E-state index contributed by atoms with van der Waals surface area (Å²) in [6, 6.07) is 1.84. The zero-order valence-corrected chi connectivity index (χ0v) is 10.5. The van der Waals surface area contributed by atoms with Gasteiger partial charge in [0.05, 0.1) is 12.7 Å². The maximum atomic E-state index is 12.1. The molecule has 0 saturated heterocycles. The lowest BCUT2D eigenvalue weighted by Crippen LogP contribution is -2.07. The molecular weight excluding hydrogens is 224 g/mol. The molecule has 0 N–H and O–H groups in total. The van der Waals surface area contributed by atoms with Gasteiger partial charge in [-0.3, -0.25) is 4.79 Å². The number of rotatable bonds is 3. The lowest BCUT2D eigenvalue weighted by Gasteiger charge is -2.13. The molecule has 1 aromatic rings. The standard InChI is InChI=1S/C13H15ClO2/c1-7-6-10(16-3)11(8(2)12(7)14)13(15)9-4-5-9/h6,9H,4-5H2,1-3H3. The zero-order chi connectivity index (χ0) is 11.9. The lowest BCUT2D eigenvalue weighted by atomic mass is 9.98. The first-order valence-electron chi connectivity index (χ1n) is 5.44. The van der Waals surface area contributed by atoms with Crippen molar-refractivity contribution in [2.75, 3.05) is 7.11 Å². The van der Waals surface area contributed by atoms with E-state index < -0.39 is 0 Å². The van der Waals surface area contributed by atoms with Crippen LogP contribution in [-0.2, 0) is 0 Å². The van der Waals surface area contributed by atoms with Crippen molar-refractivity contribution < 1.29 is 9.53 Å². The average Bonchev–Trinajstić information content (AvgIpc) is 3.08. The predicted octanol–water partition coefficient (Wildman–Crippen LogP) is 3.56. The van der Waals surface area contributed by atoms with Crippen LogP contribution in [0.2, 0.25) is 5.02 Å². The molecule has 0 atom stereocenters. The molecule has 0 amide bonds. The maximum Gasteiger partial charge on any atom is 0.169 e. The highest BCUT2D eigenvalue weighted by Crippen LogP contribution is 2.39. The Balaban J connectivity index is 2.56. The van der Waals surface area contributed by atoms with Crippen LogP contribution in [0.1, 0.15) is 34.3 Å². The summed E-state index contributed by atoms with van der Waals surface area (Å²) in [5.74, 6) is 1.01. The van der Waals surface area contributed by atoms with E-state index in [4.69, 9.17) is 16.3 Å². The van der Waals surface area contributed by atoms with Crippen molar-refractivity contribution in [2.24, 2.45) is 5.92 Å². The molecule has 3 heteroatoms. The fourth-order valence-corrected chi connectivity index (χ4v) is 2.09. The smallest absolute Gasteiger partial charge is 0.169 e. The predicted molar refractivity (Wildman–Crippen MR) is 64.5 cm³/mol. The fourth-order valence-electron chi connectivity index (χ4n) is 1.94. The number of hydrogen-bond acceptors (Lipinski definition) is 2. The summed E-state index contributed by atoms with van der Waals surface area (Å²) in [6.07, 6.45) is 1.99. The minimum atomic E-state index is 0.177. The first kappa shape index (κ1) is 11.5. The van der Waals surface area contributed by atoms with Gasteiger partial charge in [-0.1, -0.05) is 11.6 Å². The van der Waals surface area contributed by atoms with Gasteiger partial charge in [-0.15, -0.1) is 0 Å². The Labute approximate surface area is 101 Å². The minimum Gasteiger partial charge on any atom is -0.496 e. The number of hydrogen-bond donors (Lipinski definition) is 0. The van der Waals surface area contributed by atoms with E-state index in [1.54, 1.807) is 7.11 Å². The van der Waals surface area contributed by atoms with Crippen molar-refractivity contribution >= 4 is 17.4 Å². The van der Waals surface area contributed by atoms with Gasteiger partial charge in [0, 0.05) is 10.9 Å². The number of carbonyl (C=O) groups excluding carboxylic acids is 1. The molecule has 16 heavy (non-hydrogen) atoms. The Morgan fingerprint density at radius 1 is 1.44 bits per heavy atom. The molecular formula is C13H15ClO2. The normalized spacial score (nSPS) is 15.0. The molecule has 0 aromatic heterocycles. The van der Waals surface area contributed by atoms with Gasteiger partial charge < -0.3 is 4.74 Å². The first-order valence-corrected chi connectivity index (χ1v) is 5.82. The van der Waals surface area contributed by atoms with Crippen molar-refractivity contribution in [3.05, 3.63) is 27.8 Å². The molecule has 0 radical (unpaired) electrons. The molecule has 2 nitrogen and oxygen atoms in total. The van der Waals surface area contributed by atoms with Gasteiger partial charge in [-0.2, -0.15) is 0 Å². The van der Waals surface area contributed by atoms with E-state index in [1.165, 1.54) is 0 Å². The Kier molecular flexibility index (Phi) is 2.94. The summed E-state index contributed by atoms with van der Waals surface area (Å²) in [6.45, 7) is 3.80. The number of aryl methyl sites for hydroxylation is 1. The number of halogens is 1. The highest BCUT2D eigenvalue weighted by Gasteiger charge is 2.33. The zero-order valence-electron chi connectivity index (χ0n) is 9.76. The van der Waals surface area contributed by atoms with Crippen LogP contribution in [-0.4, -0.2) is 12.9 Å². The highest BCUT2D eigenvalue weighted by molar-refractivity contribution is 6.32.